The molecule has 0 bridgehead atoms. The molecule has 0 radical (unpaired) electrons. The van der Waals surface area contributed by atoms with Crippen LogP contribution in [0.25, 0.3) is 0 Å². The minimum absolute atomic E-state index is 0.0738. The van der Waals surface area contributed by atoms with Gasteiger partial charge in [0.1, 0.15) is 5.75 Å². The average molecular weight is 490 g/mol. The molecule has 4 rings (SSSR count). The zero-order valence-corrected chi connectivity index (χ0v) is 20.9. The van der Waals surface area contributed by atoms with Crippen molar-refractivity contribution in [3.8, 4) is 5.75 Å². The van der Waals surface area contributed by atoms with Crippen molar-refractivity contribution in [2.45, 2.75) is 76.2 Å². The summed E-state index contributed by atoms with van der Waals surface area (Å²) in [6.45, 7) is 4.69. The van der Waals surface area contributed by atoms with Crippen LogP contribution in [0.2, 0.25) is 0 Å². The normalized spacial score (nSPS) is 23.4. The Morgan fingerprint density at radius 1 is 1.26 bits per heavy atom. The van der Waals surface area contributed by atoms with Crippen LogP contribution < -0.4 is 15.4 Å². The summed E-state index contributed by atoms with van der Waals surface area (Å²) in [6.07, 6.45) is 9.00. The van der Waals surface area contributed by atoms with Crippen molar-refractivity contribution >= 4 is 27.5 Å². The van der Waals surface area contributed by atoms with Gasteiger partial charge >= 0.3 is 0 Å². The first-order valence-corrected chi connectivity index (χ1v) is 13.8. The van der Waals surface area contributed by atoms with Crippen molar-refractivity contribution in [1.29, 1.82) is 0 Å². The lowest BCUT2D eigenvalue weighted by Crippen LogP contribution is -2.45. The summed E-state index contributed by atoms with van der Waals surface area (Å²) in [5.41, 5.74) is 2.42. The second-order valence-electron chi connectivity index (χ2n) is 9.47. The molecule has 0 saturated carbocycles. The summed E-state index contributed by atoms with van der Waals surface area (Å²) in [6, 6.07) is 3.14. The van der Waals surface area contributed by atoms with Crippen LogP contribution >= 0.6 is 0 Å². The third-order valence-electron chi connectivity index (χ3n) is 6.97. The Morgan fingerprint density at radius 2 is 2.09 bits per heavy atom. The van der Waals surface area contributed by atoms with Gasteiger partial charge in [0.2, 0.25) is 15.9 Å². The summed E-state index contributed by atoms with van der Waals surface area (Å²) >= 11 is 0. The molecular weight excluding hydrogens is 454 g/mol. The fourth-order valence-corrected chi connectivity index (χ4v) is 6.71. The first-order chi connectivity index (χ1) is 16.3. The molecule has 1 aliphatic carbocycles. The number of carbonyl (C=O) groups is 2. The minimum Gasteiger partial charge on any atom is -0.478 e. The maximum absolute atomic E-state index is 13.5. The minimum atomic E-state index is -3.82. The monoisotopic (exact) mass is 489 g/mol. The fourth-order valence-electron chi connectivity index (χ4n) is 4.97. The molecule has 1 aromatic carbocycles. The molecule has 34 heavy (non-hydrogen) atoms. The van der Waals surface area contributed by atoms with Crippen LogP contribution in [-0.2, 0) is 19.6 Å². The van der Waals surface area contributed by atoms with Crippen molar-refractivity contribution < 1.29 is 22.7 Å². The van der Waals surface area contributed by atoms with Gasteiger partial charge in [0.25, 0.3) is 5.91 Å². The number of rotatable bonds is 7. The SMILES string of the molecule is CCC1Oc2cc(S(=O)(=O)N3CCCC(C(=O)NCCC4=CCCCC4)C3)c(C)cc2NC1=O. The number of amides is 2. The standard InChI is InChI=1S/C25H35N3O5S/c1-3-21-25(30)27-20-14-17(2)23(15-22(20)33-21)34(31,32)28-13-7-10-19(16-28)24(29)26-12-11-18-8-5-4-6-9-18/h8,14-15,19,21H,3-7,9-13,16H2,1-2H3,(H,26,29)(H,27,30). The number of fused-ring (bicyclic) bond motifs is 1. The van der Waals surface area contributed by atoms with Gasteiger partial charge in [-0.25, -0.2) is 8.42 Å². The first kappa shape index (κ1) is 24.7. The highest BCUT2D eigenvalue weighted by Crippen LogP contribution is 2.36. The lowest BCUT2D eigenvalue weighted by atomic mass is 9.96. The van der Waals surface area contributed by atoms with E-state index in [0.717, 1.165) is 19.3 Å². The van der Waals surface area contributed by atoms with E-state index in [-0.39, 0.29) is 29.2 Å². The second kappa shape index (κ2) is 10.5. The van der Waals surface area contributed by atoms with E-state index in [0.29, 0.717) is 49.4 Å². The van der Waals surface area contributed by atoms with Crippen molar-refractivity contribution in [3.05, 3.63) is 29.3 Å². The molecule has 1 saturated heterocycles. The van der Waals surface area contributed by atoms with Crippen LogP contribution in [0.3, 0.4) is 0 Å². The number of nitrogens with one attached hydrogen (secondary N) is 2. The van der Waals surface area contributed by atoms with E-state index in [9.17, 15) is 18.0 Å². The number of sulfonamides is 1. The molecule has 2 amide bonds. The van der Waals surface area contributed by atoms with E-state index in [2.05, 4.69) is 16.7 Å². The molecule has 8 nitrogen and oxygen atoms in total. The molecule has 2 unspecified atom stereocenters. The van der Waals surface area contributed by atoms with Gasteiger partial charge in [-0.2, -0.15) is 4.31 Å². The number of nitrogens with zero attached hydrogens (tertiary/aromatic N) is 1. The maximum atomic E-state index is 13.5. The van der Waals surface area contributed by atoms with Crippen LogP contribution in [0, 0.1) is 12.8 Å². The zero-order valence-electron chi connectivity index (χ0n) is 20.1. The van der Waals surface area contributed by atoms with Gasteiger partial charge in [0.15, 0.2) is 6.10 Å². The topological polar surface area (TPSA) is 105 Å². The highest BCUT2D eigenvalue weighted by Gasteiger charge is 2.35. The summed E-state index contributed by atoms with van der Waals surface area (Å²) in [7, 11) is -3.82. The number of anilines is 1. The summed E-state index contributed by atoms with van der Waals surface area (Å²) in [4.78, 5) is 25.0. The van der Waals surface area contributed by atoms with E-state index < -0.39 is 16.1 Å². The van der Waals surface area contributed by atoms with Gasteiger partial charge in [0.05, 0.1) is 16.5 Å². The number of benzene rings is 1. The largest absolute Gasteiger partial charge is 0.478 e. The van der Waals surface area contributed by atoms with Crippen LogP contribution in [0.4, 0.5) is 5.69 Å². The summed E-state index contributed by atoms with van der Waals surface area (Å²) in [5, 5.41) is 5.81. The predicted octanol–water partition coefficient (Wildman–Crippen LogP) is 3.51. The van der Waals surface area contributed by atoms with Crippen LogP contribution in [0.5, 0.6) is 5.75 Å². The lowest BCUT2D eigenvalue weighted by Gasteiger charge is -2.32. The quantitative estimate of drug-likeness (QED) is 0.571. The lowest BCUT2D eigenvalue weighted by molar-refractivity contribution is -0.126. The van der Waals surface area contributed by atoms with Gasteiger partial charge in [-0.15, -0.1) is 0 Å². The predicted molar refractivity (Wildman–Crippen MR) is 130 cm³/mol. The Morgan fingerprint density at radius 3 is 2.82 bits per heavy atom. The van der Waals surface area contributed by atoms with Gasteiger partial charge in [-0.05, 0) is 69.9 Å². The van der Waals surface area contributed by atoms with Gasteiger partial charge in [-0.3, -0.25) is 9.59 Å². The Bertz CT molecular complexity index is 1080. The van der Waals surface area contributed by atoms with E-state index >= 15 is 0 Å². The average Bonchev–Trinajstić information content (AvgIpc) is 2.84. The summed E-state index contributed by atoms with van der Waals surface area (Å²) < 4.78 is 34.3. The smallest absolute Gasteiger partial charge is 0.265 e. The third-order valence-corrected chi connectivity index (χ3v) is 8.98. The molecular formula is C25H35N3O5S. The van der Waals surface area contributed by atoms with Crippen molar-refractivity contribution in [3.63, 3.8) is 0 Å². The molecule has 0 aromatic heterocycles. The Labute approximate surface area is 202 Å². The van der Waals surface area contributed by atoms with Crippen LogP contribution in [-0.4, -0.2) is 50.3 Å². The third kappa shape index (κ3) is 5.30. The van der Waals surface area contributed by atoms with E-state index in [4.69, 9.17) is 4.74 Å². The molecule has 1 aromatic rings. The maximum Gasteiger partial charge on any atom is 0.265 e. The zero-order chi connectivity index (χ0) is 24.3. The van der Waals surface area contributed by atoms with E-state index in [1.165, 1.54) is 28.8 Å². The van der Waals surface area contributed by atoms with Crippen molar-refractivity contribution in [2.24, 2.45) is 5.92 Å². The summed E-state index contributed by atoms with van der Waals surface area (Å²) in [5.74, 6) is -0.300. The van der Waals surface area contributed by atoms with Gasteiger partial charge < -0.3 is 15.4 Å². The van der Waals surface area contributed by atoms with Crippen molar-refractivity contribution in [1.82, 2.24) is 9.62 Å². The van der Waals surface area contributed by atoms with Crippen molar-refractivity contribution in [2.75, 3.05) is 25.0 Å². The Balaban J connectivity index is 1.43. The highest BCUT2D eigenvalue weighted by molar-refractivity contribution is 7.89. The Hall–Kier alpha value is -2.39. The molecule has 3 aliphatic rings. The molecule has 0 spiro atoms. The van der Waals surface area contributed by atoms with E-state index in [1.807, 2.05) is 6.92 Å². The second-order valence-corrected chi connectivity index (χ2v) is 11.4. The number of carbonyl (C=O) groups excluding carboxylic acids is 2. The number of piperidine rings is 1. The van der Waals surface area contributed by atoms with Gasteiger partial charge in [-0.1, -0.05) is 18.6 Å². The molecule has 186 valence electrons. The number of aryl methyl sites for hydroxylation is 1. The number of allylic oxidation sites excluding steroid dienone is 1. The Kier molecular flexibility index (Phi) is 7.62. The molecule has 2 atom stereocenters. The van der Waals surface area contributed by atoms with Gasteiger partial charge in [0, 0.05) is 25.7 Å². The molecule has 2 heterocycles. The number of hydrogen-bond donors (Lipinski definition) is 2. The molecule has 9 heteroatoms. The van der Waals surface area contributed by atoms with E-state index in [1.54, 1.807) is 13.0 Å². The van der Waals surface area contributed by atoms with Crippen LogP contribution in [0.1, 0.15) is 63.9 Å². The highest BCUT2D eigenvalue weighted by atomic mass is 32.2. The molecule has 2 aliphatic heterocycles. The molecule has 1 fully saturated rings. The van der Waals surface area contributed by atoms with Crippen LogP contribution in [0.15, 0.2) is 28.7 Å². The number of ether oxygens (including phenoxy) is 1. The number of hydrogen-bond acceptors (Lipinski definition) is 5. The fraction of sp³-hybridized carbons (Fsp3) is 0.600. The first-order valence-electron chi connectivity index (χ1n) is 12.4. The molecule has 2 N–H and O–H groups in total.